The summed E-state index contributed by atoms with van der Waals surface area (Å²) in [5.74, 6) is -1.82. The van der Waals surface area contributed by atoms with Crippen LogP contribution in [0.1, 0.15) is 32.3 Å². The molecule has 0 aromatic heterocycles. The molecule has 3 N–H and O–H groups in total. The molecule has 3 saturated heterocycles. The van der Waals surface area contributed by atoms with Crippen LogP contribution >= 0.6 is 11.6 Å². The van der Waals surface area contributed by atoms with Gasteiger partial charge in [0.25, 0.3) is 5.91 Å². The van der Waals surface area contributed by atoms with Crippen molar-refractivity contribution in [2.45, 2.75) is 44.4 Å². The van der Waals surface area contributed by atoms with Gasteiger partial charge in [0.1, 0.15) is 17.9 Å². The number of halogens is 1. The van der Waals surface area contributed by atoms with Crippen molar-refractivity contribution >= 4 is 35.0 Å². The van der Waals surface area contributed by atoms with E-state index < -0.39 is 17.4 Å². The Balaban J connectivity index is 1.61. The number of benzene rings is 1. The van der Waals surface area contributed by atoms with Gasteiger partial charge in [-0.1, -0.05) is 25.4 Å². The number of ether oxygens (including phenoxy) is 1. The van der Waals surface area contributed by atoms with Gasteiger partial charge in [0.15, 0.2) is 0 Å². The molecule has 4 aliphatic heterocycles. The summed E-state index contributed by atoms with van der Waals surface area (Å²) in [6, 6.07) is 5.08. The van der Waals surface area contributed by atoms with Crippen molar-refractivity contribution in [3.63, 3.8) is 0 Å². The lowest BCUT2D eigenvalue weighted by Crippen LogP contribution is -2.99. The van der Waals surface area contributed by atoms with Crippen LogP contribution in [-0.2, 0) is 24.7 Å². The van der Waals surface area contributed by atoms with Crippen molar-refractivity contribution in [1.82, 2.24) is 4.90 Å². The molecule has 0 radical (unpaired) electrons. The number of nitrogens with zero attached hydrogens (tertiary/aromatic N) is 1. The predicted molar refractivity (Wildman–Crippen MR) is 105 cm³/mol. The maximum atomic E-state index is 13.6. The van der Waals surface area contributed by atoms with Gasteiger partial charge in [-0.05, 0) is 31.0 Å². The molecule has 3 amide bonds. The molecular formula is C21H25ClN3O4+. The normalized spacial score (nSPS) is 35.7. The Morgan fingerprint density at radius 2 is 2.10 bits per heavy atom. The summed E-state index contributed by atoms with van der Waals surface area (Å²) < 4.78 is 5.67. The van der Waals surface area contributed by atoms with Crippen LogP contribution in [0, 0.1) is 17.8 Å². The number of nitrogens with two attached hydrogens (primary N) is 1. The van der Waals surface area contributed by atoms with Gasteiger partial charge in [0.2, 0.25) is 17.4 Å². The van der Waals surface area contributed by atoms with Crippen LogP contribution in [-0.4, -0.2) is 47.9 Å². The summed E-state index contributed by atoms with van der Waals surface area (Å²) >= 11 is 6.25. The van der Waals surface area contributed by atoms with E-state index in [1.165, 1.54) is 4.90 Å². The van der Waals surface area contributed by atoms with E-state index in [2.05, 4.69) is 5.32 Å². The highest BCUT2D eigenvalue weighted by Gasteiger charge is 2.74. The van der Waals surface area contributed by atoms with Crippen LogP contribution < -0.4 is 10.6 Å². The molecule has 1 aromatic rings. The molecule has 154 valence electrons. The maximum Gasteiger partial charge on any atom is 0.291 e. The highest BCUT2D eigenvalue weighted by molar-refractivity contribution is 6.31. The van der Waals surface area contributed by atoms with E-state index in [0.717, 1.165) is 12.8 Å². The molecule has 4 heterocycles. The van der Waals surface area contributed by atoms with E-state index in [0.29, 0.717) is 22.9 Å². The van der Waals surface area contributed by atoms with Crippen molar-refractivity contribution in [3.8, 4) is 0 Å². The van der Waals surface area contributed by atoms with E-state index in [1.54, 1.807) is 18.2 Å². The molecule has 29 heavy (non-hydrogen) atoms. The van der Waals surface area contributed by atoms with Crippen molar-refractivity contribution in [2.24, 2.45) is 17.8 Å². The zero-order valence-electron chi connectivity index (χ0n) is 16.5. The fraction of sp³-hybridized carbons (Fsp3) is 0.571. The number of amides is 3. The van der Waals surface area contributed by atoms with Gasteiger partial charge < -0.3 is 15.4 Å². The van der Waals surface area contributed by atoms with Crippen molar-refractivity contribution < 1.29 is 24.4 Å². The number of hydrogen-bond donors (Lipinski definition) is 2. The lowest BCUT2D eigenvalue weighted by atomic mass is 9.76. The third-order valence-electron chi connectivity index (χ3n) is 7.03. The molecule has 0 aliphatic carbocycles. The Labute approximate surface area is 174 Å². The Morgan fingerprint density at radius 1 is 1.31 bits per heavy atom. The molecule has 4 aliphatic rings. The Morgan fingerprint density at radius 3 is 2.79 bits per heavy atom. The minimum atomic E-state index is -1.15. The van der Waals surface area contributed by atoms with Crippen molar-refractivity contribution in [2.75, 3.05) is 18.5 Å². The summed E-state index contributed by atoms with van der Waals surface area (Å²) in [6.45, 7) is 5.00. The molecule has 8 heteroatoms. The number of nitrogens with one attached hydrogen (secondary N) is 1. The Bertz CT molecular complexity index is 913. The molecule has 5 rings (SSSR count). The number of anilines is 1. The molecular weight excluding hydrogens is 394 g/mol. The van der Waals surface area contributed by atoms with Crippen LogP contribution in [0.5, 0.6) is 0 Å². The quantitative estimate of drug-likeness (QED) is 0.712. The molecule has 5 atom stereocenters. The fourth-order valence-corrected chi connectivity index (χ4v) is 5.87. The van der Waals surface area contributed by atoms with E-state index in [9.17, 15) is 14.4 Å². The summed E-state index contributed by atoms with van der Waals surface area (Å²) in [5, 5.41) is 5.37. The van der Waals surface area contributed by atoms with Gasteiger partial charge in [-0.15, -0.1) is 0 Å². The first kappa shape index (κ1) is 19.0. The molecule has 0 unspecified atom stereocenters. The zero-order valence-corrected chi connectivity index (χ0v) is 17.2. The van der Waals surface area contributed by atoms with E-state index >= 15 is 0 Å². The second-order valence-corrected chi connectivity index (χ2v) is 9.36. The summed E-state index contributed by atoms with van der Waals surface area (Å²) in [7, 11) is 0. The number of fused-ring (bicyclic) bond motifs is 4. The van der Waals surface area contributed by atoms with Crippen LogP contribution in [0.25, 0.3) is 0 Å². The Kier molecular flexibility index (Phi) is 4.28. The van der Waals surface area contributed by atoms with Gasteiger partial charge in [0, 0.05) is 23.1 Å². The van der Waals surface area contributed by atoms with Gasteiger partial charge >= 0.3 is 0 Å². The number of imide groups is 1. The Hall–Kier alpha value is -1.96. The van der Waals surface area contributed by atoms with Gasteiger partial charge in [-0.3, -0.25) is 19.3 Å². The average molecular weight is 419 g/mol. The van der Waals surface area contributed by atoms with E-state index in [-0.39, 0.29) is 42.3 Å². The van der Waals surface area contributed by atoms with Crippen LogP contribution in [0.2, 0.25) is 5.02 Å². The fourth-order valence-electron chi connectivity index (χ4n) is 5.70. The summed E-state index contributed by atoms with van der Waals surface area (Å²) in [6.07, 6.45) is 1.67. The maximum absolute atomic E-state index is 13.6. The van der Waals surface area contributed by atoms with Crippen LogP contribution in [0.15, 0.2) is 18.2 Å². The molecule has 1 spiro atoms. The first-order valence-corrected chi connectivity index (χ1v) is 10.7. The second-order valence-electron chi connectivity index (χ2n) is 8.93. The number of carbonyl (C=O) groups is 3. The topological polar surface area (TPSA) is 92.3 Å². The minimum absolute atomic E-state index is 0.113. The number of quaternary nitrogens is 1. The second kappa shape index (κ2) is 6.52. The largest absolute Gasteiger partial charge is 0.376 e. The third-order valence-corrected chi connectivity index (χ3v) is 7.27. The molecule has 7 nitrogen and oxygen atoms in total. The van der Waals surface area contributed by atoms with Gasteiger partial charge in [0.05, 0.1) is 18.3 Å². The SMILES string of the molecule is CC(C)[C@@H]1[NH2+][C@@]2(C(=O)Nc3ccc(Cl)cc32)[C@H]2C(=O)N(C[C@H]3CCCO3)C(=O)[C@@H]12. The predicted octanol–water partition coefficient (Wildman–Crippen LogP) is 0.869. The first-order valence-electron chi connectivity index (χ1n) is 10.3. The van der Waals surface area contributed by atoms with Crippen LogP contribution in [0.4, 0.5) is 5.69 Å². The number of carbonyl (C=O) groups excluding carboxylic acids is 3. The standard InChI is InChI=1S/C21H24ClN3O4/c1-10(2)17-15-16(19(27)25(18(15)26)9-12-4-3-7-29-12)21(24-17)13-8-11(22)5-6-14(13)23-20(21)28/h5-6,8,10,12,15-17,24H,3-4,7,9H2,1-2H3,(H,23,28)/p+1/t12-,15-,16-,17+,21-/m1/s1. The lowest BCUT2D eigenvalue weighted by molar-refractivity contribution is -0.738. The zero-order chi connectivity index (χ0) is 20.5. The first-order chi connectivity index (χ1) is 13.8. The molecule has 3 fully saturated rings. The minimum Gasteiger partial charge on any atom is -0.376 e. The monoisotopic (exact) mass is 418 g/mol. The smallest absolute Gasteiger partial charge is 0.291 e. The van der Waals surface area contributed by atoms with Gasteiger partial charge in [-0.25, -0.2) is 0 Å². The number of likely N-dealkylation sites (tertiary alicyclic amines) is 1. The summed E-state index contributed by atoms with van der Waals surface area (Å²) in [5.41, 5.74) is 0.211. The molecule has 0 bridgehead atoms. The van der Waals surface area contributed by atoms with Crippen LogP contribution in [0.3, 0.4) is 0 Å². The van der Waals surface area contributed by atoms with E-state index in [4.69, 9.17) is 16.3 Å². The average Bonchev–Trinajstić information content (AvgIpc) is 3.41. The van der Waals surface area contributed by atoms with E-state index in [1.807, 2.05) is 19.2 Å². The van der Waals surface area contributed by atoms with Gasteiger partial charge in [-0.2, -0.15) is 0 Å². The molecule has 0 saturated carbocycles. The summed E-state index contributed by atoms with van der Waals surface area (Å²) in [4.78, 5) is 41.6. The number of hydrogen-bond acceptors (Lipinski definition) is 4. The van der Waals surface area contributed by atoms with Crippen molar-refractivity contribution in [1.29, 1.82) is 0 Å². The molecule has 1 aromatic carbocycles. The lowest BCUT2D eigenvalue weighted by Gasteiger charge is -2.28. The third kappa shape index (κ3) is 2.54. The number of rotatable bonds is 3. The highest BCUT2D eigenvalue weighted by Crippen LogP contribution is 2.50. The van der Waals surface area contributed by atoms with Crippen molar-refractivity contribution in [3.05, 3.63) is 28.8 Å². The highest BCUT2D eigenvalue weighted by atomic mass is 35.5.